The molecular formula is C15H24N2O4. The molecular weight excluding hydrogens is 272 g/mol. The van der Waals surface area contributed by atoms with Gasteiger partial charge in [-0.25, -0.2) is 0 Å². The Bertz CT molecular complexity index is 441. The summed E-state index contributed by atoms with van der Waals surface area (Å²) in [5.74, 6) is 0.726. The molecule has 21 heavy (non-hydrogen) atoms. The maximum Gasteiger partial charge on any atom is 0.273 e. The van der Waals surface area contributed by atoms with Gasteiger partial charge in [-0.2, -0.15) is 0 Å². The molecule has 1 aliphatic carbocycles. The number of carbonyl (C=O) groups is 1. The zero-order valence-corrected chi connectivity index (χ0v) is 12.5. The zero-order chi connectivity index (χ0) is 15.1. The first-order valence-electron chi connectivity index (χ1n) is 7.61. The van der Waals surface area contributed by atoms with Crippen molar-refractivity contribution in [2.75, 3.05) is 13.7 Å². The molecule has 2 rings (SSSR count). The Kier molecular flexibility index (Phi) is 6.20. The molecule has 2 N–H and O–H groups in total. The SMILES string of the molecule is COCc1cc(C(=O)NC(CCO)C2CCCCC2)no1. The number of hydrogen-bond donors (Lipinski definition) is 2. The highest BCUT2D eigenvalue weighted by atomic mass is 16.5. The van der Waals surface area contributed by atoms with Crippen LogP contribution in [0, 0.1) is 5.92 Å². The van der Waals surface area contributed by atoms with E-state index in [0.29, 0.717) is 24.7 Å². The Morgan fingerprint density at radius 1 is 1.52 bits per heavy atom. The predicted molar refractivity (Wildman–Crippen MR) is 76.7 cm³/mol. The normalized spacial score (nSPS) is 17.6. The lowest BCUT2D eigenvalue weighted by Crippen LogP contribution is -2.41. The van der Waals surface area contributed by atoms with E-state index >= 15 is 0 Å². The van der Waals surface area contributed by atoms with Crippen LogP contribution in [0.1, 0.15) is 54.8 Å². The molecule has 0 aromatic carbocycles. The summed E-state index contributed by atoms with van der Waals surface area (Å²) >= 11 is 0. The fourth-order valence-corrected chi connectivity index (χ4v) is 2.97. The second-order valence-electron chi connectivity index (χ2n) is 5.60. The minimum absolute atomic E-state index is 0.00498. The second kappa shape index (κ2) is 8.14. The highest BCUT2D eigenvalue weighted by Crippen LogP contribution is 2.27. The Morgan fingerprint density at radius 2 is 2.29 bits per heavy atom. The van der Waals surface area contributed by atoms with Crippen LogP contribution in [-0.4, -0.2) is 35.9 Å². The van der Waals surface area contributed by atoms with Gasteiger partial charge in [0.15, 0.2) is 11.5 Å². The van der Waals surface area contributed by atoms with Gasteiger partial charge in [0.1, 0.15) is 6.61 Å². The maximum absolute atomic E-state index is 12.2. The van der Waals surface area contributed by atoms with Gasteiger partial charge in [-0.15, -0.1) is 0 Å². The minimum atomic E-state index is -0.245. The standard InChI is InChI=1S/C15H24N2O4/c1-20-10-12-9-14(17-21-12)15(19)16-13(7-8-18)11-5-3-2-4-6-11/h9,11,13,18H,2-8,10H2,1H3,(H,16,19). The Labute approximate surface area is 124 Å². The Hall–Kier alpha value is -1.40. The molecule has 1 saturated carbocycles. The van der Waals surface area contributed by atoms with Crippen LogP contribution in [0.4, 0.5) is 0 Å². The summed E-state index contributed by atoms with van der Waals surface area (Å²) in [6.45, 7) is 0.373. The van der Waals surface area contributed by atoms with Crippen LogP contribution in [0.2, 0.25) is 0 Å². The van der Waals surface area contributed by atoms with E-state index in [1.807, 2.05) is 0 Å². The van der Waals surface area contributed by atoms with Crippen molar-refractivity contribution >= 4 is 5.91 Å². The molecule has 1 atom stereocenters. The van der Waals surface area contributed by atoms with Gasteiger partial charge in [-0.05, 0) is 25.2 Å². The number of nitrogens with zero attached hydrogens (tertiary/aromatic N) is 1. The molecule has 1 heterocycles. The highest BCUT2D eigenvalue weighted by molar-refractivity contribution is 5.92. The van der Waals surface area contributed by atoms with E-state index in [9.17, 15) is 9.90 Å². The van der Waals surface area contributed by atoms with Crippen LogP contribution in [0.15, 0.2) is 10.6 Å². The quantitative estimate of drug-likeness (QED) is 0.802. The lowest BCUT2D eigenvalue weighted by atomic mass is 9.82. The van der Waals surface area contributed by atoms with Crippen molar-refractivity contribution in [2.24, 2.45) is 5.92 Å². The molecule has 0 saturated heterocycles. The largest absolute Gasteiger partial charge is 0.396 e. The van der Waals surface area contributed by atoms with Crippen LogP contribution in [0.25, 0.3) is 0 Å². The van der Waals surface area contributed by atoms with E-state index in [4.69, 9.17) is 9.26 Å². The van der Waals surface area contributed by atoms with Gasteiger partial charge in [0, 0.05) is 25.8 Å². The fourth-order valence-electron chi connectivity index (χ4n) is 2.97. The van der Waals surface area contributed by atoms with Crippen molar-refractivity contribution in [1.82, 2.24) is 10.5 Å². The molecule has 118 valence electrons. The highest BCUT2D eigenvalue weighted by Gasteiger charge is 2.26. The third-order valence-corrected chi connectivity index (χ3v) is 4.05. The number of methoxy groups -OCH3 is 1. The first-order valence-corrected chi connectivity index (χ1v) is 7.61. The van der Waals surface area contributed by atoms with E-state index < -0.39 is 0 Å². The molecule has 1 aliphatic rings. The number of rotatable bonds is 7. The third kappa shape index (κ3) is 4.54. The van der Waals surface area contributed by atoms with Gasteiger partial charge in [-0.1, -0.05) is 24.4 Å². The molecule has 6 nitrogen and oxygen atoms in total. The van der Waals surface area contributed by atoms with Crippen molar-refractivity contribution in [3.63, 3.8) is 0 Å². The van der Waals surface area contributed by atoms with Crippen LogP contribution in [0.5, 0.6) is 0 Å². The summed E-state index contributed by atoms with van der Waals surface area (Å²) in [5, 5.41) is 16.0. The number of nitrogens with one attached hydrogen (secondary N) is 1. The molecule has 1 aromatic heterocycles. The van der Waals surface area contributed by atoms with Crippen molar-refractivity contribution < 1.29 is 19.2 Å². The summed E-state index contributed by atoms with van der Waals surface area (Å²) in [5.41, 5.74) is 0.265. The summed E-state index contributed by atoms with van der Waals surface area (Å²) in [6, 6.07) is 1.60. The van der Waals surface area contributed by atoms with Crippen molar-refractivity contribution in [3.05, 3.63) is 17.5 Å². The summed E-state index contributed by atoms with van der Waals surface area (Å²) in [4.78, 5) is 12.2. The average Bonchev–Trinajstić information content (AvgIpc) is 2.97. The number of aliphatic hydroxyl groups is 1. The van der Waals surface area contributed by atoms with Crippen LogP contribution in [0.3, 0.4) is 0 Å². The van der Waals surface area contributed by atoms with Gasteiger partial charge in [0.25, 0.3) is 5.91 Å². The summed E-state index contributed by atoms with van der Waals surface area (Å²) < 4.78 is 9.97. The number of carbonyl (C=O) groups excluding carboxylic acids is 1. The molecule has 0 aliphatic heterocycles. The van der Waals surface area contributed by atoms with Crippen molar-refractivity contribution in [3.8, 4) is 0 Å². The molecule has 1 amide bonds. The summed E-state index contributed by atoms with van der Waals surface area (Å²) in [7, 11) is 1.56. The smallest absolute Gasteiger partial charge is 0.273 e. The van der Waals surface area contributed by atoms with E-state index in [2.05, 4.69) is 10.5 Å². The van der Waals surface area contributed by atoms with Gasteiger partial charge in [-0.3, -0.25) is 4.79 Å². The molecule has 1 unspecified atom stereocenters. The maximum atomic E-state index is 12.2. The third-order valence-electron chi connectivity index (χ3n) is 4.05. The van der Waals surface area contributed by atoms with Gasteiger partial charge >= 0.3 is 0 Å². The van der Waals surface area contributed by atoms with E-state index in [1.54, 1.807) is 13.2 Å². The fraction of sp³-hybridized carbons (Fsp3) is 0.733. The molecule has 0 radical (unpaired) electrons. The molecule has 6 heteroatoms. The van der Waals surface area contributed by atoms with Gasteiger partial charge in [0.05, 0.1) is 0 Å². The number of ether oxygens (including phenoxy) is 1. The first kappa shape index (κ1) is 16.0. The molecule has 1 aromatic rings. The van der Waals surface area contributed by atoms with Gasteiger partial charge < -0.3 is 19.7 Å². The number of hydrogen-bond acceptors (Lipinski definition) is 5. The predicted octanol–water partition coefficient (Wildman–Crippen LogP) is 1.88. The van der Waals surface area contributed by atoms with Gasteiger partial charge in [0.2, 0.25) is 0 Å². The van der Waals surface area contributed by atoms with E-state index in [-0.39, 0.29) is 24.2 Å². The monoisotopic (exact) mass is 296 g/mol. The average molecular weight is 296 g/mol. The van der Waals surface area contributed by atoms with Crippen molar-refractivity contribution in [1.29, 1.82) is 0 Å². The number of aliphatic hydroxyl groups excluding tert-OH is 1. The van der Waals surface area contributed by atoms with Crippen LogP contribution < -0.4 is 5.32 Å². The Morgan fingerprint density at radius 3 is 2.95 bits per heavy atom. The molecule has 0 spiro atoms. The lowest BCUT2D eigenvalue weighted by Gasteiger charge is -2.30. The zero-order valence-electron chi connectivity index (χ0n) is 12.5. The number of aromatic nitrogens is 1. The minimum Gasteiger partial charge on any atom is -0.396 e. The summed E-state index contributed by atoms with van der Waals surface area (Å²) in [6.07, 6.45) is 6.46. The first-order chi connectivity index (χ1) is 10.2. The lowest BCUT2D eigenvalue weighted by molar-refractivity contribution is 0.0889. The number of amides is 1. The van der Waals surface area contributed by atoms with E-state index in [0.717, 1.165) is 12.8 Å². The van der Waals surface area contributed by atoms with Crippen LogP contribution in [-0.2, 0) is 11.3 Å². The molecule has 0 bridgehead atoms. The van der Waals surface area contributed by atoms with Crippen molar-refractivity contribution in [2.45, 2.75) is 51.2 Å². The van der Waals surface area contributed by atoms with E-state index in [1.165, 1.54) is 19.3 Å². The second-order valence-corrected chi connectivity index (χ2v) is 5.60. The van der Waals surface area contributed by atoms with Crippen LogP contribution >= 0.6 is 0 Å². The molecule has 1 fully saturated rings. The topological polar surface area (TPSA) is 84.6 Å². The Balaban J connectivity index is 1.95.